The maximum atomic E-state index is 12.5. The first-order chi connectivity index (χ1) is 15.8. The summed E-state index contributed by atoms with van der Waals surface area (Å²) >= 11 is 0. The Bertz CT molecular complexity index is 1150. The topological polar surface area (TPSA) is 148 Å². The highest BCUT2D eigenvalue weighted by molar-refractivity contribution is 5.91. The molecule has 0 saturated heterocycles. The van der Waals surface area contributed by atoms with E-state index in [1.165, 1.54) is 10.9 Å². The summed E-state index contributed by atoms with van der Waals surface area (Å²) in [6.45, 7) is 4.78. The highest BCUT2D eigenvalue weighted by Crippen LogP contribution is 2.20. The van der Waals surface area contributed by atoms with E-state index in [-0.39, 0.29) is 42.2 Å². The molecule has 0 saturated carbocycles. The summed E-state index contributed by atoms with van der Waals surface area (Å²) < 4.78 is 12.8. The van der Waals surface area contributed by atoms with Crippen molar-refractivity contribution < 1.29 is 24.2 Å². The highest BCUT2D eigenvalue weighted by atomic mass is 16.6. The molecule has 2 atom stereocenters. The van der Waals surface area contributed by atoms with E-state index >= 15 is 0 Å². The summed E-state index contributed by atoms with van der Waals surface area (Å²) in [5.74, 6) is -1.23. The third kappa shape index (κ3) is 5.82. The molecule has 33 heavy (non-hydrogen) atoms. The monoisotopic (exact) mass is 457 g/mol. The average Bonchev–Trinajstić information content (AvgIpc) is 3.24. The normalized spacial score (nSPS) is 13.1. The molecule has 0 aliphatic carbocycles. The number of amides is 1. The van der Waals surface area contributed by atoms with Crippen LogP contribution in [0.1, 0.15) is 43.8 Å². The van der Waals surface area contributed by atoms with Gasteiger partial charge in [0.1, 0.15) is 6.61 Å². The van der Waals surface area contributed by atoms with Crippen molar-refractivity contribution in [1.82, 2.24) is 19.5 Å². The molecule has 1 aromatic carbocycles. The summed E-state index contributed by atoms with van der Waals surface area (Å²) in [5.41, 5.74) is -0.0230. The van der Waals surface area contributed by atoms with Gasteiger partial charge >= 0.3 is 5.97 Å². The number of aromatic nitrogens is 4. The Hall–Kier alpha value is -3.57. The smallest absolute Gasteiger partial charge is 0.338 e. The lowest BCUT2D eigenvalue weighted by Gasteiger charge is -2.24. The zero-order chi connectivity index (χ0) is 24.0. The molecule has 0 bridgehead atoms. The molecule has 3 rings (SSSR count). The number of benzene rings is 1. The molecule has 0 aliphatic heterocycles. The Labute approximate surface area is 189 Å². The number of nitrogens with one attached hydrogen (secondary N) is 2. The number of esters is 1. The molecular weight excluding hydrogens is 430 g/mol. The van der Waals surface area contributed by atoms with Crippen LogP contribution in [0.3, 0.4) is 0 Å². The van der Waals surface area contributed by atoms with Crippen LogP contribution in [-0.2, 0) is 14.3 Å². The highest BCUT2D eigenvalue weighted by Gasteiger charge is 2.23. The second kappa shape index (κ2) is 10.8. The maximum absolute atomic E-state index is 12.5. The van der Waals surface area contributed by atoms with Crippen LogP contribution < -0.4 is 10.9 Å². The second-order valence-electron chi connectivity index (χ2n) is 7.65. The second-order valence-corrected chi connectivity index (χ2v) is 7.65. The number of nitrogens with zero attached hydrogens (tertiary/aromatic N) is 3. The summed E-state index contributed by atoms with van der Waals surface area (Å²) in [6.07, 6.45) is 0.356. The summed E-state index contributed by atoms with van der Waals surface area (Å²) in [6, 6.07) is 8.47. The molecule has 3 N–H and O–H groups in total. The zero-order valence-electron chi connectivity index (χ0n) is 18.6. The third-order valence-corrected chi connectivity index (χ3v) is 4.88. The molecular formula is C22H27N5O6. The number of aliphatic hydroxyl groups is 1. The SMILES string of the molecule is CC[C@@H](CO)O[C@@H](COC(=O)c1ccccc1)n1cnc2c(=O)[nH]c(NC(=O)C(C)C)nc21. The number of imidazole rings is 1. The lowest BCUT2D eigenvalue weighted by Crippen LogP contribution is -2.28. The van der Waals surface area contributed by atoms with Gasteiger partial charge < -0.3 is 14.6 Å². The third-order valence-electron chi connectivity index (χ3n) is 4.88. The number of carbonyl (C=O) groups excluding carboxylic acids is 2. The van der Waals surface area contributed by atoms with Crippen molar-refractivity contribution in [2.24, 2.45) is 5.92 Å². The minimum Gasteiger partial charge on any atom is -0.457 e. The zero-order valence-corrected chi connectivity index (χ0v) is 18.6. The van der Waals surface area contributed by atoms with Crippen LogP contribution >= 0.6 is 0 Å². The Morgan fingerprint density at radius 2 is 1.97 bits per heavy atom. The van der Waals surface area contributed by atoms with Crippen LogP contribution in [0.25, 0.3) is 11.2 Å². The number of anilines is 1. The molecule has 0 aliphatic rings. The number of H-pyrrole nitrogens is 1. The summed E-state index contributed by atoms with van der Waals surface area (Å²) in [4.78, 5) is 47.9. The van der Waals surface area contributed by atoms with Crippen LogP contribution in [0, 0.1) is 5.92 Å². The van der Waals surface area contributed by atoms with Crippen LogP contribution in [0.2, 0.25) is 0 Å². The van der Waals surface area contributed by atoms with Crippen molar-refractivity contribution >= 4 is 29.0 Å². The minimum absolute atomic E-state index is 0.0255. The van der Waals surface area contributed by atoms with Gasteiger partial charge in [0.05, 0.1) is 24.6 Å². The van der Waals surface area contributed by atoms with Gasteiger partial charge in [0.2, 0.25) is 11.9 Å². The Morgan fingerprint density at radius 1 is 1.24 bits per heavy atom. The first kappa shape index (κ1) is 24.1. The Morgan fingerprint density at radius 3 is 2.61 bits per heavy atom. The van der Waals surface area contributed by atoms with Gasteiger partial charge in [-0.1, -0.05) is 39.0 Å². The number of hydrogen-bond donors (Lipinski definition) is 3. The maximum Gasteiger partial charge on any atom is 0.338 e. The van der Waals surface area contributed by atoms with Crippen LogP contribution in [0.15, 0.2) is 41.5 Å². The van der Waals surface area contributed by atoms with Crippen molar-refractivity contribution in [2.45, 2.75) is 39.5 Å². The first-order valence-electron chi connectivity index (χ1n) is 10.6. The van der Waals surface area contributed by atoms with Gasteiger partial charge in [-0.05, 0) is 18.6 Å². The van der Waals surface area contributed by atoms with Crippen molar-refractivity contribution in [3.63, 3.8) is 0 Å². The van der Waals surface area contributed by atoms with Gasteiger partial charge in [-0.15, -0.1) is 0 Å². The van der Waals surface area contributed by atoms with E-state index in [2.05, 4.69) is 20.3 Å². The van der Waals surface area contributed by atoms with Crippen LogP contribution in [0.5, 0.6) is 0 Å². The minimum atomic E-state index is -0.928. The largest absolute Gasteiger partial charge is 0.457 e. The number of carbonyl (C=O) groups is 2. The van der Waals surface area contributed by atoms with Gasteiger partial charge in [-0.3, -0.25) is 24.5 Å². The van der Waals surface area contributed by atoms with Crippen molar-refractivity contribution in [2.75, 3.05) is 18.5 Å². The van der Waals surface area contributed by atoms with E-state index in [0.717, 1.165) is 0 Å². The number of rotatable bonds is 10. The molecule has 2 aromatic heterocycles. The summed E-state index contributed by atoms with van der Waals surface area (Å²) in [7, 11) is 0. The number of ether oxygens (including phenoxy) is 2. The fraction of sp³-hybridized carbons (Fsp3) is 0.409. The average molecular weight is 457 g/mol. The first-order valence-corrected chi connectivity index (χ1v) is 10.6. The molecule has 0 radical (unpaired) electrons. The number of aromatic amines is 1. The molecule has 2 heterocycles. The quantitative estimate of drug-likeness (QED) is 0.391. The van der Waals surface area contributed by atoms with E-state index in [1.807, 2.05) is 6.92 Å². The number of fused-ring (bicyclic) bond motifs is 1. The van der Waals surface area contributed by atoms with E-state index in [9.17, 15) is 19.5 Å². The molecule has 11 heteroatoms. The summed E-state index contributed by atoms with van der Waals surface area (Å²) in [5, 5.41) is 12.2. The fourth-order valence-corrected chi connectivity index (χ4v) is 2.94. The molecule has 11 nitrogen and oxygen atoms in total. The predicted octanol–water partition coefficient (Wildman–Crippen LogP) is 1.86. The molecule has 176 valence electrons. The number of hydrogen-bond acceptors (Lipinski definition) is 8. The Kier molecular flexibility index (Phi) is 7.91. The standard InChI is InChI=1S/C22H27N5O6/c1-4-15(10-28)33-16(11-32-21(31)14-8-6-5-7-9-14)27-12-23-17-18(27)24-22(26-20(17)30)25-19(29)13(2)3/h5-9,12-13,15-16,28H,4,10-11H2,1-3H3,(H2,24,25,26,29,30)/t15-,16-/m0/s1. The molecule has 1 amide bonds. The van der Waals surface area contributed by atoms with E-state index in [1.54, 1.807) is 44.2 Å². The van der Waals surface area contributed by atoms with E-state index in [4.69, 9.17) is 9.47 Å². The number of aliphatic hydroxyl groups excluding tert-OH is 1. The molecule has 0 unspecified atom stereocenters. The lowest BCUT2D eigenvalue weighted by molar-refractivity contribution is -0.118. The van der Waals surface area contributed by atoms with Crippen LogP contribution in [-0.4, -0.2) is 55.8 Å². The van der Waals surface area contributed by atoms with Gasteiger partial charge in [0, 0.05) is 5.92 Å². The fourth-order valence-electron chi connectivity index (χ4n) is 2.94. The molecule has 3 aromatic rings. The van der Waals surface area contributed by atoms with Crippen LogP contribution in [0.4, 0.5) is 5.95 Å². The van der Waals surface area contributed by atoms with E-state index < -0.39 is 23.9 Å². The molecule has 0 fully saturated rings. The van der Waals surface area contributed by atoms with Crippen molar-refractivity contribution in [3.05, 3.63) is 52.6 Å². The predicted molar refractivity (Wildman–Crippen MR) is 120 cm³/mol. The van der Waals surface area contributed by atoms with Gasteiger partial charge in [-0.2, -0.15) is 4.98 Å². The van der Waals surface area contributed by atoms with Crippen molar-refractivity contribution in [3.8, 4) is 0 Å². The van der Waals surface area contributed by atoms with E-state index in [0.29, 0.717) is 12.0 Å². The van der Waals surface area contributed by atoms with Gasteiger partial charge in [-0.25, -0.2) is 9.78 Å². The molecule has 0 spiro atoms. The van der Waals surface area contributed by atoms with Gasteiger partial charge in [0.15, 0.2) is 17.4 Å². The Balaban J connectivity index is 1.93. The van der Waals surface area contributed by atoms with Crippen molar-refractivity contribution in [1.29, 1.82) is 0 Å². The van der Waals surface area contributed by atoms with Gasteiger partial charge in [0.25, 0.3) is 5.56 Å². The lowest BCUT2D eigenvalue weighted by atomic mass is 10.2.